The van der Waals surface area contributed by atoms with Gasteiger partial charge in [-0.05, 0) is 55.7 Å². The third-order valence-corrected chi connectivity index (χ3v) is 5.76. The number of rotatable bonds is 4. The van der Waals surface area contributed by atoms with Gasteiger partial charge >= 0.3 is 6.03 Å². The van der Waals surface area contributed by atoms with E-state index < -0.39 is 10.0 Å². The maximum absolute atomic E-state index is 12.3. The molecule has 4 N–H and O–H groups in total. The molecule has 0 unspecified atom stereocenters. The summed E-state index contributed by atoms with van der Waals surface area (Å²) < 4.78 is 25.2. The van der Waals surface area contributed by atoms with Crippen molar-refractivity contribution in [1.29, 1.82) is 0 Å². The fraction of sp³-hybridized carbons (Fsp3) is 0.588. The highest BCUT2D eigenvalue weighted by Gasteiger charge is 2.28. The van der Waals surface area contributed by atoms with Crippen molar-refractivity contribution in [3.05, 3.63) is 29.3 Å². The molecule has 0 radical (unpaired) electrons. The molecular formula is C17H25N3O4S. The van der Waals surface area contributed by atoms with E-state index in [0.29, 0.717) is 5.75 Å². The van der Waals surface area contributed by atoms with Crippen LogP contribution in [0.3, 0.4) is 0 Å². The normalized spacial score (nSPS) is 26.0. The Morgan fingerprint density at radius 1 is 1.08 bits per heavy atom. The van der Waals surface area contributed by atoms with E-state index in [9.17, 15) is 18.3 Å². The topological polar surface area (TPSA) is 108 Å². The Kier molecular flexibility index (Phi) is 5.19. The maximum Gasteiger partial charge on any atom is 0.315 e. The number of amides is 2. The Morgan fingerprint density at radius 3 is 2.44 bits per heavy atom. The molecule has 0 heterocycles. The first-order chi connectivity index (χ1) is 11.8. The van der Waals surface area contributed by atoms with E-state index in [-0.39, 0.29) is 24.2 Å². The van der Waals surface area contributed by atoms with Crippen molar-refractivity contribution in [3.8, 4) is 5.75 Å². The highest BCUT2D eigenvalue weighted by atomic mass is 32.2. The third kappa shape index (κ3) is 4.64. The first-order valence-electron chi connectivity index (χ1n) is 8.67. The zero-order valence-electron chi connectivity index (χ0n) is 14.3. The van der Waals surface area contributed by atoms with Crippen LogP contribution in [0.25, 0.3) is 0 Å². The van der Waals surface area contributed by atoms with Crippen molar-refractivity contribution in [2.24, 2.45) is 0 Å². The summed E-state index contributed by atoms with van der Waals surface area (Å²) in [5.41, 5.74) is 1.90. The first kappa shape index (κ1) is 18.0. The number of nitrogens with one attached hydrogen (secondary N) is 3. The smallest absolute Gasteiger partial charge is 0.315 e. The molecule has 2 amide bonds. The minimum atomic E-state index is -3.18. The van der Waals surface area contributed by atoms with Gasteiger partial charge < -0.3 is 15.7 Å². The number of urea groups is 1. The number of carbonyl (C=O) groups excluding carboxylic acids is 1. The second-order valence-corrected chi connectivity index (χ2v) is 8.77. The summed E-state index contributed by atoms with van der Waals surface area (Å²) in [5.74, 6) is 0.291. The lowest BCUT2D eigenvalue weighted by molar-refractivity contribution is 0.226. The molecule has 138 valence electrons. The highest BCUT2D eigenvalue weighted by molar-refractivity contribution is 7.88. The van der Waals surface area contributed by atoms with Crippen LogP contribution >= 0.6 is 0 Å². The van der Waals surface area contributed by atoms with E-state index in [4.69, 9.17) is 0 Å². The Hall–Kier alpha value is -1.80. The molecule has 1 aromatic rings. The van der Waals surface area contributed by atoms with Crippen LogP contribution in [0, 0.1) is 0 Å². The van der Waals surface area contributed by atoms with Crippen LogP contribution in [0.1, 0.15) is 49.3 Å². The summed E-state index contributed by atoms with van der Waals surface area (Å²) in [6.45, 7) is 0. The number of fused-ring (bicyclic) bond motifs is 1. The van der Waals surface area contributed by atoms with E-state index in [2.05, 4.69) is 15.4 Å². The van der Waals surface area contributed by atoms with E-state index in [1.165, 1.54) is 6.26 Å². The average molecular weight is 367 g/mol. The lowest BCUT2D eigenvalue weighted by Crippen LogP contribution is -2.47. The van der Waals surface area contributed by atoms with Crippen molar-refractivity contribution in [3.63, 3.8) is 0 Å². The van der Waals surface area contributed by atoms with Gasteiger partial charge in [-0.15, -0.1) is 0 Å². The zero-order valence-corrected chi connectivity index (χ0v) is 15.1. The van der Waals surface area contributed by atoms with Crippen LogP contribution in [-0.2, 0) is 16.4 Å². The van der Waals surface area contributed by atoms with E-state index in [0.717, 1.165) is 49.7 Å². The summed E-state index contributed by atoms with van der Waals surface area (Å²) in [6, 6.07) is 5.14. The number of hydrogen-bond donors (Lipinski definition) is 4. The molecule has 3 rings (SSSR count). The molecular weight excluding hydrogens is 342 g/mol. The van der Waals surface area contributed by atoms with Gasteiger partial charge in [-0.2, -0.15) is 0 Å². The van der Waals surface area contributed by atoms with Crippen LogP contribution in [0.4, 0.5) is 4.79 Å². The largest absolute Gasteiger partial charge is 0.508 e. The van der Waals surface area contributed by atoms with Gasteiger partial charge in [-0.25, -0.2) is 17.9 Å². The van der Waals surface area contributed by atoms with Crippen LogP contribution in [-0.4, -0.2) is 37.9 Å². The van der Waals surface area contributed by atoms with Gasteiger partial charge in [0.25, 0.3) is 0 Å². The Morgan fingerprint density at radius 2 is 1.76 bits per heavy atom. The summed E-state index contributed by atoms with van der Waals surface area (Å²) in [7, 11) is -3.18. The first-order valence-corrected chi connectivity index (χ1v) is 10.6. The molecule has 0 aromatic heterocycles. The minimum Gasteiger partial charge on any atom is -0.508 e. The van der Waals surface area contributed by atoms with E-state index in [1.54, 1.807) is 12.1 Å². The molecule has 7 nitrogen and oxygen atoms in total. The van der Waals surface area contributed by atoms with Crippen molar-refractivity contribution in [2.45, 2.75) is 56.7 Å². The predicted molar refractivity (Wildman–Crippen MR) is 94.9 cm³/mol. The van der Waals surface area contributed by atoms with E-state index in [1.807, 2.05) is 6.07 Å². The zero-order chi connectivity index (χ0) is 18.0. The number of sulfonamides is 1. The lowest BCUT2D eigenvalue weighted by atomic mass is 9.92. The number of phenols is 1. The van der Waals surface area contributed by atoms with Gasteiger partial charge in [0.2, 0.25) is 10.0 Å². The molecule has 0 bridgehead atoms. The van der Waals surface area contributed by atoms with Gasteiger partial charge in [0.15, 0.2) is 0 Å². The number of aromatic hydroxyl groups is 1. The Labute approximate surface area is 148 Å². The second-order valence-electron chi connectivity index (χ2n) is 6.99. The van der Waals surface area contributed by atoms with Gasteiger partial charge in [0, 0.05) is 12.1 Å². The van der Waals surface area contributed by atoms with E-state index >= 15 is 0 Å². The molecule has 1 fully saturated rings. The molecule has 8 heteroatoms. The number of benzene rings is 1. The number of carbonyl (C=O) groups is 1. The number of phenolic OH excluding ortho intramolecular Hbond substituents is 1. The summed E-state index contributed by atoms with van der Waals surface area (Å²) in [4.78, 5) is 12.3. The molecule has 0 spiro atoms. The molecule has 0 saturated heterocycles. The second kappa shape index (κ2) is 7.21. The van der Waals surface area contributed by atoms with Crippen LogP contribution in [0.5, 0.6) is 5.75 Å². The van der Waals surface area contributed by atoms with Crippen LogP contribution in [0.15, 0.2) is 18.2 Å². The Balaban J connectivity index is 1.48. The molecule has 0 aliphatic heterocycles. The summed E-state index contributed by atoms with van der Waals surface area (Å²) in [5, 5.41) is 15.8. The lowest BCUT2D eigenvalue weighted by Gasteiger charge is -2.29. The SMILES string of the molecule is CS(=O)(=O)NC1CCC(NC(=O)N[C@@H]2CCc3c(O)cccc32)CC1. The van der Waals surface area contributed by atoms with Crippen LogP contribution in [0.2, 0.25) is 0 Å². The number of hydrogen-bond acceptors (Lipinski definition) is 4. The average Bonchev–Trinajstić information content (AvgIpc) is 2.92. The third-order valence-electron chi connectivity index (χ3n) is 4.99. The van der Waals surface area contributed by atoms with Gasteiger partial charge in [0.05, 0.1) is 12.3 Å². The fourth-order valence-electron chi connectivity index (χ4n) is 3.83. The van der Waals surface area contributed by atoms with Gasteiger partial charge in [-0.1, -0.05) is 12.1 Å². The van der Waals surface area contributed by atoms with Crippen LogP contribution < -0.4 is 15.4 Å². The molecule has 2 aliphatic carbocycles. The van der Waals surface area contributed by atoms with Crippen molar-refractivity contribution < 1.29 is 18.3 Å². The van der Waals surface area contributed by atoms with Crippen molar-refractivity contribution in [1.82, 2.24) is 15.4 Å². The standard InChI is InChI=1S/C17H25N3O4S/c1-25(23,24)20-12-7-5-11(6-8-12)18-17(22)19-15-10-9-14-13(15)3-2-4-16(14)21/h2-4,11-12,15,20-21H,5-10H2,1H3,(H2,18,19,22)/t11?,12?,15-/m1/s1. The minimum absolute atomic E-state index is 0.0409. The van der Waals surface area contributed by atoms with Gasteiger partial charge in [0.1, 0.15) is 5.75 Å². The fourth-order valence-corrected chi connectivity index (χ4v) is 4.67. The predicted octanol–water partition coefficient (Wildman–Crippen LogP) is 1.54. The molecule has 1 aromatic carbocycles. The highest BCUT2D eigenvalue weighted by Crippen LogP contribution is 2.36. The molecule has 25 heavy (non-hydrogen) atoms. The molecule has 1 atom stereocenters. The Bertz CT molecular complexity index is 742. The maximum atomic E-state index is 12.3. The monoisotopic (exact) mass is 367 g/mol. The summed E-state index contributed by atoms with van der Waals surface area (Å²) in [6.07, 6.45) is 5.66. The van der Waals surface area contributed by atoms with Crippen molar-refractivity contribution >= 4 is 16.1 Å². The quantitative estimate of drug-likeness (QED) is 0.647. The van der Waals surface area contributed by atoms with Crippen molar-refractivity contribution in [2.75, 3.05) is 6.26 Å². The molecule has 2 aliphatic rings. The summed E-state index contributed by atoms with van der Waals surface area (Å²) >= 11 is 0. The molecule has 1 saturated carbocycles. The van der Waals surface area contributed by atoms with Gasteiger partial charge in [-0.3, -0.25) is 0 Å².